The van der Waals surface area contributed by atoms with E-state index in [2.05, 4.69) is 10.4 Å². The Balaban J connectivity index is 0.00000220. The lowest BCUT2D eigenvalue weighted by Gasteiger charge is -2.32. The van der Waals surface area contributed by atoms with Crippen LogP contribution in [-0.2, 0) is 11.3 Å². The van der Waals surface area contributed by atoms with E-state index in [-0.39, 0.29) is 30.7 Å². The average Bonchev–Trinajstić information content (AvgIpc) is 2.75. The van der Waals surface area contributed by atoms with Gasteiger partial charge < -0.3 is 10.2 Å². The van der Waals surface area contributed by atoms with E-state index in [0.717, 1.165) is 49.8 Å². The molecular formula is C15H28Cl2N4O. The average molecular weight is 351 g/mol. The summed E-state index contributed by atoms with van der Waals surface area (Å²) in [5.41, 5.74) is 2.03. The number of aromatic nitrogens is 2. The van der Waals surface area contributed by atoms with Gasteiger partial charge in [-0.25, -0.2) is 0 Å². The molecule has 0 aliphatic carbocycles. The molecule has 5 nitrogen and oxygen atoms in total. The van der Waals surface area contributed by atoms with Crippen LogP contribution in [0.4, 0.5) is 0 Å². The highest BCUT2D eigenvalue weighted by Crippen LogP contribution is 2.20. The third-order valence-electron chi connectivity index (χ3n) is 4.16. The summed E-state index contributed by atoms with van der Waals surface area (Å²) in [7, 11) is 1.99. The molecule has 1 aromatic rings. The molecule has 1 aliphatic rings. The van der Waals surface area contributed by atoms with E-state index in [4.69, 9.17) is 0 Å². The SMILES string of the molecule is CNCCC1CCN(C(=O)Cn2nc(C)cc2C)CC1.Cl.Cl. The highest BCUT2D eigenvalue weighted by molar-refractivity contribution is 5.85. The van der Waals surface area contributed by atoms with Crippen LogP contribution in [0.25, 0.3) is 0 Å². The van der Waals surface area contributed by atoms with Crippen LogP contribution in [0.3, 0.4) is 0 Å². The Morgan fingerprint density at radius 1 is 1.32 bits per heavy atom. The number of hydrogen-bond acceptors (Lipinski definition) is 3. The minimum Gasteiger partial charge on any atom is -0.341 e. The summed E-state index contributed by atoms with van der Waals surface area (Å²) >= 11 is 0. The van der Waals surface area contributed by atoms with E-state index in [1.54, 1.807) is 0 Å². The van der Waals surface area contributed by atoms with Crippen LogP contribution in [-0.4, -0.2) is 47.3 Å². The van der Waals surface area contributed by atoms with Gasteiger partial charge in [0.2, 0.25) is 5.91 Å². The number of carbonyl (C=O) groups excluding carboxylic acids is 1. The number of nitrogens with one attached hydrogen (secondary N) is 1. The molecule has 0 spiro atoms. The van der Waals surface area contributed by atoms with E-state index in [1.807, 2.05) is 36.5 Å². The lowest BCUT2D eigenvalue weighted by Crippen LogP contribution is -2.40. The quantitative estimate of drug-likeness (QED) is 0.885. The van der Waals surface area contributed by atoms with Crippen LogP contribution in [0.2, 0.25) is 0 Å². The molecule has 1 aromatic heterocycles. The number of aryl methyl sites for hydroxylation is 2. The largest absolute Gasteiger partial charge is 0.341 e. The topological polar surface area (TPSA) is 50.2 Å². The van der Waals surface area contributed by atoms with Crippen molar-refractivity contribution in [3.8, 4) is 0 Å². The standard InChI is InChI=1S/C15H26N4O.2ClH/c1-12-10-13(2)19(17-12)11-15(20)18-8-5-14(6-9-18)4-7-16-3;;/h10,14,16H,4-9,11H2,1-3H3;2*1H. The summed E-state index contributed by atoms with van der Waals surface area (Å²) in [4.78, 5) is 14.3. The van der Waals surface area contributed by atoms with E-state index >= 15 is 0 Å². The van der Waals surface area contributed by atoms with Crippen molar-refractivity contribution >= 4 is 30.7 Å². The van der Waals surface area contributed by atoms with Gasteiger partial charge in [0.05, 0.1) is 5.69 Å². The fourth-order valence-electron chi connectivity index (χ4n) is 2.88. The molecule has 1 aliphatic heterocycles. The fourth-order valence-corrected chi connectivity index (χ4v) is 2.88. The van der Waals surface area contributed by atoms with Crippen LogP contribution in [0.5, 0.6) is 0 Å². The molecule has 1 saturated heterocycles. The van der Waals surface area contributed by atoms with Crippen LogP contribution in [0, 0.1) is 19.8 Å². The van der Waals surface area contributed by atoms with Gasteiger partial charge in [-0.1, -0.05) is 0 Å². The fraction of sp³-hybridized carbons (Fsp3) is 0.733. The molecule has 1 N–H and O–H groups in total. The lowest BCUT2D eigenvalue weighted by molar-refractivity contribution is -0.133. The van der Waals surface area contributed by atoms with Crippen LogP contribution in [0.15, 0.2) is 6.07 Å². The Bertz CT molecular complexity index is 456. The number of rotatable bonds is 5. The minimum atomic E-state index is 0. The molecule has 2 rings (SSSR count). The van der Waals surface area contributed by atoms with E-state index in [9.17, 15) is 4.79 Å². The highest BCUT2D eigenvalue weighted by atomic mass is 35.5. The third kappa shape index (κ3) is 5.78. The Morgan fingerprint density at radius 2 is 1.95 bits per heavy atom. The van der Waals surface area contributed by atoms with Gasteiger partial charge >= 0.3 is 0 Å². The van der Waals surface area contributed by atoms with E-state index < -0.39 is 0 Å². The van der Waals surface area contributed by atoms with Crippen molar-refractivity contribution in [2.24, 2.45) is 5.92 Å². The number of carbonyl (C=O) groups is 1. The maximum Gasteiger partial charge on any atom is 0.244 e. The Morgan fingerprint density at radius 3 is 2.45 bits per heavy atom. The summed E-state index contributed by atoms with van der Waals surface area (Å²) in [6.07, 6.45) is 3.48. The van der Waals surface area contributed by atoms with Gasteiger partial charge in [0.15, 0.2) is 0 Å². The Kier molecular flexibility index (Phi) is 9.72. The number of nitrogens with zero attached hydrogens (tertiary/aromatic N) is 3. The summed E-state index contributed by atoms with van der Waals surface area (Å²) < 4.78 is 1.81. The number of amides is 1. The Labute approximate surface area is 145 Å². The number of likely N-dealkylation sites (tertiary alicyclic amines) is 1. The molecule has 128 valence electrons. The van der Waals surface area contributed by atoms with Gasteiger partial charge in [-0.3, -0.25) is 9.48 Å². The van der Waals surface area contributed by atoms with Gasteiger partial charge in [0.1, 0.15) is 6.54 Å². The zero-order valence-corrected chi connectivity index (χ0v) is 15.3. The summed E-state index contributed by atoms with van der Waals surface area (Å²) in [6.45, 7) is 7.20. The first kappa shape index (κ1) is 21.2. The molecule has 0 atom stereocenters. The summed E-state index contributed by atoms with van der Waals surface area (Å²) in [5.74, 6) is 0.962. The first-order chi connectivity index (χ1) is 9.60. The van der Waals surface area contributed by atoms with Gasteiger partial charge in [-0.05, 0) is 58.7 Å². The zero-order valence-electron chi connectivity index (χ0n) is 13.7. The molecule has 1 fully saturated rings. The van der Waals surface area contributed by atoms with Crippen LogP contribution < -0.4 is 5.32 Å². The molecule has 2 heterocycles. The molecule has 0 unspecified atom stereocenters. The van der Waals surface area contributed by atoms with Gasteiger partial charge in [-0.15, -0.1) is 24.8 Å². The normalized spacial score (nSPS) is 15.1. The predicted molar refractivity (Wildman–Crippen MR) is 94.0 cm³/mol. The minimum absolute atomic E-state index is 0. The second kappa shape index (κ2) is 10.1. The van der Waals surface area contributed by atoms with Gasteiger partial charge in [0, 0.05) is 18.8 Å². The molecule has 0 bridgehead atoms. The highest BCUT2D eigenvalue weighted by Gasteiger charge is 2.22. The van der Waals surface area contributed by atoms with Crippen molar-refractivity contribution in [1.29, 1.82) is 0 Å². The molecule has 0 saturated carbocycles. The predicted octanol–water partition coefficient (Wildman–Crippen LogP) is 2.19. The van der Waals surface area contributed by atoms with E-state index in [0.29, 0.717) is 6.54 Å². The van der Waals surface area contributed by atoms with Gasteiger partial charge in [0.25, 0.3) is 0 Å². The van der Waals surface area contributed by atoms with Crippen LogP contribution in [0.1, 0.15) is 30.7 Å². The van der Waals surface area contributed by atoms with Crippen molar-refractivity contribution in [3.63, 3.8) is 0 Å². The molecule has 1 amide bonds. The first-order valence-corrected chi connectivity index (χ1v) is 7.53. The molecule has 7 heteroatoms. The molecule has 22 heavy (non-hydrogen) atoms. The second-order valence-electron chi connectivity index (χ2n) is 5.80. The maximum atomic E-state index is 12.3. The van der Waals surface area contributed by atoms with Crippen molar-refractivity contribution in [2.45, 2.75) is 39.7 Å². The maximum absolute atomic E-state index is 12.3. The zero-order chi connectivity index (χ0) is 14.5. The van der Waals surface area contributed by atoms with E-state index in [1.165, 1.54) is 6.42 Å². The van der Waals surface area contributed by atoms with Gasteiger partial charge in [-0.2, -0.15) is 5.10 Å². The first-order valence-electron chi connectivity index (χ1n) is 7.53. The number of hydrogen-bond donors (Lipinski definition) is 1. The van der Waals surface area contributed by atoms with Crippen molar-refractivity contribution in [3.05, 3.63) is 17.5 Å². The second-order valence-corrected chi connectivity index (χ2v) is 5.80. The molecule has 0 radical (unpaired) electrons. The van der Waals surface area contributed by atoms with Crippen molar-refractivity contribution in [1.82, 2.24) is 20.0 Å². The summed E-state index contributed by atoms with van der Waals surface area (Å²) in [6, 6.07) is 2.01. The van der Waals surface area contributed by atoms with Crippen molar-refractivity contribution < 1.29 is 4.79 Å². The Hall–Kier alpha value is -0.780. The lowest BCUT2D eigenvalue weighted by atomic mass is 9.93. The number of halogens is 2. The summed E-state index contributed by atoms with van der Waals surface area (Å²) in [5, 5.41) is 7.56. The number of piperidine rings is 1. The third-order valence-corrected chi connectivity index (χ3v) is 4.16. The smallest absolute Gasteiger partial charge is 0.244 e. The molecular weight excluding hydrogens is 323 g/mol. The molecule has 0 aromatic carbocycles. The van der Waals surface area contributed by atoms with Crippen LogP contribution >= 0.6 is 24.8 Å². The van der Waals surface area contributed by atoms with Crippen molar-refractivity contribution in [2.75, 3.05) is 26.7 Å². The monoisotopic (exact) mass is 350 g/mol.